The number of hydrogen-bond donors (Lipinski definition) is 1. The second kappa shape index (κ2) is 8.23. The van der Waals surface area contributed by atoms with Gasteiger partial charge >= 0.3 is 0 Å². The van der Waals surface area contributed by atoms with Gasteiger partial charge in [0.15, 0.2) is 10.9 Å². The summed E-state index contributed by atoms with van der Waals surface area (Å²) in [7, 11) is 5.86. The predicted octanol–water partition coefficient (Wildman–Crippen LogP) is 3.23. The number of anilines is 1. The van der Waals surface area contributed by atoms with E-state index in [9.17, 15) is 4.79 Å². The van der Waals surface area contributed by atoms with Crippen LogP contribution in [0.4, 0.5) is 5.13 Å². The van der Waals surface area contributed by atoms with E-state index in [4.69, 9.17) is 14.1 Å². The van der Waals surface area contributed by atoms with Crippen LogP contribution in [-0.2, 0) is 0 Å². The van der Waals surface area contributed by atoms with Crippen LogP contribution in [0.15, 0.2) is 52.9 Å². The Bertz CT molecular complexity index is 1120. The number of benzene rings is 2. The topological polar surface area (TPSA) is 60.0 Å². The number of amides is 1. The zero-order valence-electron chi connectivity index (χ0n) is 16.8. The molecule has 4 aromatic rings. The summed E-state index contributed by atoms with van der Waals surface area (Å²) in [6.45, 7) is 1.54. The molecule has 0 spiro atoms. The minimum absolute atomic E-state index is 0.166. The van der Waals surface area contributed by atoms with Crippen molar-refractivity contribution in [2.45, 2.75) is 6.42 Å². The molecule has 0 saturated carbocycles. The first-order valence-electron chi connectivity index (χ1n) is 9.59. The van der Waals surface area contributed by atoms with Crippen molar-refractivity contribution in [2.75, 3.05) is 39.2 Å². The third kappa shape index (κ3) is 4.11. The number of rotatable bonds is 7. The van der Waals surface area contributed by atoms with Gasteiger partial charge in [-0.2, -0.15) is 0 Å². The van der Waals surface area contributed by atoms with E-state index in [1.807, 2.05) is 42.5 Å². The maximum atomic E-state index is 13.4. The van der Waals surface area contributed by atoms with Crippen LogP contribution in [0.2, 0.25) is 0 Å². The summed E-state index contributed by atoms with van der Waals surface area (Å²) < 4.78 is 12.1. The molecule has 1 amide bonds. The lowest BCUT2D eigenvalue weighted by atomic mass is 10.2. The molecule has 0 aliphatic carbocycles. The van der Waals surface area contributed by atoms with Gasteiger partial charge in [-0.05, 0) is 30.3 Å². The van der Waals surface area contributed by atoms with Crippen molar-refractivity contribution < 1.29 is 18.8 Å². The quantitative estimate of drug-likeness (QED) is 0.508. The lowest BCUT2D eigenvalue weighted by Gasteiger charge is -2.19. The monoisotopic (exact) mass is 410 g/mol. The van der Waals surface area contributed by atoms with E-state index < -0.39 is 0 Å². The molecule has 0 saturated heterocycles. The van der Waals surface area contributed by atoms with Crippen LogP contribution in [0.5, 0.6) is 5.75 Å². The van der Waals surface area contributed by atoms with E-state index in [2.05, 4.69) is 14.1 Å². The normalized spacial score (nSPS) is 11.4. The van der Waals surface area contributed by atoms with Crippen molar-refractivity contribution in [2.24, 2.45) is 0 Å². The highest BCUT2D eigenvalue weighted by Gasteiger charge is 2.24. The molecule has 0 radical (unpaired) electrons. The number of carbonyl (C=O) groups is 1. The lowest BCUT2D eigenvalue weighted by molar-refractivity contribution is -0.858. The van der Waals surface area contributed by atoms with Crippen molar-refractivity contribution >= 4 is 43.6 Å². The minimum atomic E-state index is -0.166. The van der Waals surface area contributed by atoms with Gasteiger partial charge in [-0.15, -0.1) is 0 Å². The van der Waals surface area contributed by atoms with Crippen molar-refractivity contribution in [3.05, 3.63) is 54.3 Å². The van der Waals surface area contributed by atoms with Gasteiger partial charge in [0.25, 0.3) is 5.91 Å². The fourth-order valence-electron chi connectivity index (χ4n) is 3.23. The summed E-state index contributed by atoms with van der Waals surface area (Å²) in [5.41, 5.74) is 1.56. The summed E-state index contributed by atoms with van der Waals surface area (Å²) in [5, 5.41) is 1.59. The predicted molar refractivity (Wildman–Crippen MR) is 116 cm³/mol. The molecule has 0 atom stereocenters. The van der Waals surface area contributed by atoms with Gasteiger partial charge in [0.2, 0.25) is 0 Å². The van der Waals surface area contributed by atoms with Crippen molar-refractivity contribution in [1.29, 1.82) is 0 Å². The fraction of sp³-hybridized carbons (Fsp3) is 0.273. The Morgan fingerprint density at radius 2 is 2.03 bits per heavy atom. The SMILES string of the molecule is COc1ccc2nc(N(CCC[NH+](C)C)C(=O)c3cc4ccccc4o3)sc2c1. The molecule has 150 valence electrons. The molecule has 0 fully saturated rings. The zero-order valence-corrected chi connectivity index (χ0v) is 17.6. The third-order valence-electron chi connectivity index (χ3n) is 4.76. The van der Waals surface area contributed by atoms with E-state index in [0.717, 1.165) is 34.3 Å². The Labute approximate surface area is 173 Å². The standard InChI is InChI=1S/C22H23N3O3S/c1-24(2)11-6-12-25(21(26)19-13-15-7-4-5-8-18(15)28-19)22-23-17-10-9-16(27-3)14-20(17)29-22/h4-5,7-10,13-14H,6,11-12H2,1-3H3/p+1. The van der Waals surface area contributed by atoms with E-state index >= 15 is 0 Å². The van der Waals surface area contributed by atoms with E-state index in [-0.39, 0.29) is 5.91 Å². The van der Waals surface area contributed by atoms with Crippen LogP contribution in [0.1, 0.15) is 17.0 Å². The Kier molecular flexibility index (Phi) is 5.51. The summed E-state index contributed by atoms with van der Waals surface area (Å²) in [6.07, 6.45) is 0.869. The minimum Gasteiger partial charge on any atom is -0.497 e. The number of para-hydroxylation sites is 1. The second-order valence-electron chi connectivity index (χ2n) is 7.25. The van der Waals surface area contributed by atoms with Crippen LogP contribution >= 0.6 is 11.3 Å². The molecule has 0 bridgehead atoms. The maximum Gasteiger partial charge on any atom is 0.295 e. The summed E-state index contributed by atoms with van der Waals surface area (Å²) in [5.74, 6) is 0.945. The number of nitrogens with one attached hydrogen (secondary N) is 1. The highest BCUT2D eigenvalue weighted by molar-refractivity contribution is 7.22. The van der Waals surface area contributed by atoms with Crippen LogP contribution in [0.25, 0.3) is 21.2 Å². The van der Waals surface area contributed by atoms with E-state index in [1.165, 1.54) is 16.2 Å². The van der Waals surface area contributed by atoms with Gasteiger partial charge in [0.1, 0.15) is 11.3 Å². The maximum absolute atomic E-state index is 13.4. The Morgan fingerprint density at radius 1 is 1.21 bits per heavy atom. The van der Waals surface area contributed by atoms with Crippen LogP contribution in [0, 0.1) is 0 Å². The number of aromatic nitrogens is 1. The first kappa shape index (κ1) is 19.4. The highest BCUT2D eigenvalue weighted by Crippen LogP contribution is 2.32. The lowest BCUT2D eigenvalue weighted by Crippen LogP contribution is -3.05. The highest BCUT2D eigenvalue weighted by atomic mass is 32.1. The first-order chi connectivity index (χ1) is 14.0. The number of nitrogens with zero attached hydrogens (tertiary/aromatic N) is 2. The number of quaternary nitrogens is 1. The van der Waals surface area contributed by atoms with Gasteiger partial charge in [-0.3, -0.25) is 9.69 Å². The molecule has 2 aromatic carbocycles. The Morgan fingerprint density at radius 3 is 2.79 bits per heavy atom. The smallest absolute Gasteiger partial charge is 0.295 e. The molecular formula is C22H24N3O3S+. The molecule has 6 nitrogen and oxygen atoms in total. The molecule has 2 aromatic heterocycles. The third-order valence-corrected chi connectivity index (χ3v) is 5.80. The second-order valence-corrected chi connectivity index (χ2v) is 8.26. The van der Waals surface area contributed by atoms with Crippen molar-refractivity contribution in [3.8, 4) is 5.75 Å². The number of hydrogen-bond acceptors (Lipinski definition) is 5. The molecule has 0 unspecified atom stereocenters. The van der Waals surface area contributed by atoms with E-state index in [1.54, 1.807) is 18.1 Å². The van der Waals surface area contributed by atoms with Crippen LogP contribution < -0.4 is 14.5 Å². The van der Waals surface area contributed by atoms with Gasteiger partial charge in [-0.25, -0.2) is 4.98 Å². The molecular weight excluding hydrogens is 386 g/mol. The number of furan rings is 1. The average Bonchev–Trinajstić information content (AvgIpc) is 3.33. The van der Waals surface area contributed by atoms with Crippen molar-refractivity contribution in [1.82, 2.24) is 4.98 Å². The largest absolute Gasteiger partial charge is 0.497 e. The van der Waals surface area contributed by atoms with Crippen molar-refractivity contribution in [3.63, 3.8) is 0 Å². The summed E-state index contributed by atoms with van der Waals surface area (Å²) >= 11 is 1.49. The first-order valence-corrected chi connectivity index (χ1v) is 10.4. The molecule has 7 heteroatoms. The molecule has 1 N–H and O–H groups in total. The summed E-state index contributed by atoms with van der Waals surface area (Å²) in [6, 6.07) is 15.2. The number of methoxy groups -OCH3 is 1. The average molecular weight is 411 g/mol. The number of carbonyl (C=O) groups excluding carboxylic acids is 1. The summed E-state index contributed by atoms with van der Waals surface area (Å²) in [4.78, 5) is 21.1. The molecule has 4 rings (SSSR count). The Balaban J connectivity index is 1.69. The molecule has 0 aliphatic rings. The van der Waals surface area contributed by atoms with Gasteiger partial charge < -0.3 is 14.1 Å². The fourth-order valence-corrected chi connectivity index (χ4v) is 4.25. The number of fused-ring (bicyclic) bond motifs is 2. The Hall–Kier alpha value is -2.90. The molecule has 2 heterocycles. The number of thiazole rings is 1. The number of ether oxygens (including phenoxy) is 1. The van der Waals surface area contributed by atoms with E-state index in [0.29, 0.717) is 23.0 Å². The zero-order chi connectivity index (χ0) is 20.4. The molecule has 0 aliphatic heterocycles. The van der Waals surface area contributed by atoms with Gasteiger partial charge in [0.05, 0.1) is 38.0 Å². The van der Waals surface area contributed by atoms with Crippen LogP contribution in [-0.4, -0.2) is 45.2 Å². The molecule has 29 heavy (non-hydrogen) atoms. The van der Waals surface area contributed by atoms with Gasteiger partial charge in [-0.1, -0.05) is 29.5 Å². The van der Waals surface area contributed by atoms with Gasteiger partial charge in [0, 0.05) is 18.4 Å². The van der Waals surface area contributed by atoms with Crippen LogP contribution in [0.3, 0.4) is 0 Å².